The predicted molar refractivity (Wildman–Crippen MR) is 115 cm³/mol. The van der Waals surface area contributed by atoms with E-state index in [2.05, 4.69) is 5.32 Å². The fraction of sp³-hybridized carbons (Fsp3) is 0.440. The highest BCUT2D eigenvalue weighted by atomic mass is 19.4. The molecule has 33 heavy (non-hydrogen) atoms. The van der Waals surface area contributed by atoms with Gasteiger partial charge in [0.1, 0.15) is 5.82 Å². The van der Waals surface area contributed by atoms with Crippen LogP contribution in [0.4, 0.5) is 17.6 Å². The average molecular weight is 462 g/mol. The molecule has 2 aliphatic rings. The number of carbonyl (C=O) groups is 2. The van der Waals surface area contributed by atoms with Crippen LogP contribution in [-0.2, 0) is 15.8 Å². The summed E-state index contributed by atoms with van der Waals surface area (Å²) < 4.78 is 53.7. The Hall–Kier alpha value is -2.90. The number of nitrogens with one attached hydrogen (secondary N) is 1. The molecule has 0 radical (unpaired) electrons. The average Bonchev–Trinajstić information content (AvgIpc) is 2.79. The number of amides is 2. The summed E-state index contributed by atoms with van der Waals surface area (Å²) in [5, 5.41) is 2.89. The van der Waals surface area contributed by atoms with Crippen molar-refractivity contribution < 1.29 is 27.2 Å². The number of carbonyl (C=O) groups excluding carboxylic acids is 2. The Balaban J connectivity index is 1.52. The zero-order chi connectivity index (χ0) is 23.8. The highest BCUT2D eigenvalue weighted by molar-refractivity contribution is 5.84. The highest BCUT2D eigenvalue weighted by Crippen LogP contribution is 2.49. The van der Waals surface area contributed by atoms with E-state index in [0.717, 1.165) is 11.6 Å². The third-order valence-electron chi connectivity index (χ3n) is 7.20. The molecular formula is C25H26F4N2O2. The lowest BCUT2D eigenvalue weighted by molar-refractivity contribution is -0.140. The molecule has 1 N–H and O–H groups in total. The Morgan fingerprint density at radius 3 is 2.36 bits per heavy atom. The van der Waals surface area contributed by atoms with Gasteiger partial charge in [0.2, 0.25) is 11.8 Å². The molecule has 0 unspecified atom stereocenters. The van der Waals surface area contributed by atoms with E-state index in [-0.39, 0.29) is 34.5 Å². The lowest BCUT2D eigenvalue weighted by Crippen LogP contribution is -2.53. The molecule has 2 heterocycles. The van der Waals surface area contributed by atoms with Gasteiger partial charge in [-0.05, 0) is 54.5 Å². The van der Waals surface area contributed by atoms with Gasteiger partial charge in [-0.1, -0.05) is 30.3 Å². The minimum atomic E-state index is -4.53. The summed E-state index contributed by atoms with van der Waals surface area (Å²) in [5.74, 6) is -1.68. The number of nitrogens with zero attached hydrogens (tertiary/aromatic N) is 1. The zero-order valence-corrected chi connectivity index (χ0v) is 18.3. The van der Waals surface area contributed by atoms with Crippen LogP contribution in [-0.4, -0.2) is 36.3 Å². The zero-order valence-electron chi connectivity index (χ0n) is 18.3. The molecule has 1 spiro atoms. The second-order valence-electron chi connectivity index (χ2n) is 9.08. The summed E-state index contributed by atoms with van der Waals surface area (Å²) in [6, 6.07) is 11.4. The quantitative estimate of drug-likeness (QED) is 0.663. The molecule has 2 atom stereocenters. The minimum absolute atomic E-state index is 0.0172. The van der Waals surface area contributed by atoms with Crippen LogP contribution < -0.4 is 5.32 Å². The molecule has 2 aromatic rings. The van der Waals surface area contributed by atoms with Crippen molar-refractivity contribution >= 4 is 11.8 Å². The van der Waals surface area contributed by atoms with E-state index in [4.69, 9.17) is 0 Å². The van der Waals surface area contributed by atoms with Crippen molar-refractivity contribution in [3.63, 3.8) is 0 Å². The number of rotatable bonds is 3. The molecule has 2 fully saturated rings. The second-order valence-corrected chi connectivity index (χ2v) is 9.08. The molecule has 8 heteroatoms. The fourth-order valence-corrected chi connectivity index (χ4v) is 5.34. The van der Waals surface area contributed by atoms with Crippen molar-refractivity contribution in [2.75, 3.05) is 19.6 Å². The molecule has 0 bridgehead atoms. The van der Waals surface area contributed by atoms with Crippen LogP contribution in [0.2, 0.25) is 0 Å². The lowest BCUT2D eigenvalue weighted by atomic mass is 9.62. The summed E-state index contributed by atoms with van der Waals surface area (Å²) in [6.45, 7) is 2.67. The molecule has 0 aliphatic carbocycles. The van der Waals surface area contributed by atoms with Gasteiger partial charge in [-0.3, -0.25) is 9.59 Å². The number of likely N-dealkylation sites (tertiary alicyclic amines) is 1. The monoisotopic (exact) mass is 462 g/mol. The van der Waals surface area contributed by atoms with Crippen molar-refractivity contribution in [1.29, 1.82) is 0 Å². The normalized spacial score (nSPS) is 21.5. The van der Waals surface area contributed by atoms with E-state index >= 15 is 0 Å². The number of hydrogen-bond donors (Lipinski definition) is 1. The Kier molecular flexibility index (Phi) is 6.20. The van der Waals surface area contributed by atoms with Crippen LogP contribution in [0.1, 0.15) is 54.7 Å². The van der Waals surface area contributed by atoms with E-state index in [0.29, 0.717) is 38.9 Å². The van der Waals surface area contributed by atoms with Gasteiger partial charge < -0.3 is 10.2 Å². The Bertz CT molecular complexity index is 1030. The summed E-state index contributed by atoms with van der Waals surface area (Å²) in [5.41, 5.74) is -0.260. The first-order valence-corrected chi connectivity index (χ1v) is 11.1. The third kappa shape index (κ3) is 4.61. The molecule has 2 aromatic carbocycles. The van der Waals surface area contributed by atoms with E-state index in [1.54, 1.807) is 17.0 Å². The molecule has 2 amide bonds. The van der Waals surface area contributed by atoms with Gasteiger partial charge >= 0.3 is 6.18 Å². The molecule has 4 nitrogen and oxygen atoms in total. The van der Waals surface area contributed by atoms with Gasteiger partial charge in [-0.15, -0.1) is 0 Å². The van der Waals surface area contributed by atoms with Gasteiger partial charge in [-0.2, -0.15) is 13.2 Å². The van der Waals surface area contributed by atoms with Gasteiger partial charge in [-0.25, -0.2) is 4.39 Å². The first-order chi connectivity index (χ1) is 15.6. The fourth-order valence-electron chi connectivity index (χ4n) is 5.34. The lowest BCUT2D eigenvalue weighted by Gasteiger charge is -2.49. The Morgan fingerprint density at radius 1 is 1.09 bits per heavy atom. The molecule has 4 rings (SSSR count). The minimum Gasteiger partial charge on any atom is -0.355 e. The number of piperidine rings is 2. The van der Waals surface area contributed by atoms with Crippen molar-refractivity contribution in [3.8, 4) is 0 Å². The largest absolute Gasteiger partial charge is 0.416 e. The van der Waals surface area contributed by atoms with E-state index < -0.39 is 17.7 Å². The first kappa shape index (κ1) is 23.3. The molecule has 176 valence electrons. The van der Waals surface area contributed by atoms with Crippen molar-refractivity contribution in [2.45, 2.75) is 44.2 Å². The molecule has 0 aromatic heterocycles. The number of benzene rings is 2. The third-order valence-corrected chi connectivity index (χ3v) is 7.20. The summed E-state index contributed by atoms with van der Waals surface area (Å²) in [6.07, 6.45) is -3.11. The maximum Gasteiger partial charge on any atom is 0.416 e. The topological polar surface area (TPSA) is 49.4 Å². The standard InChI is InChI=1S/C25H26F4N2O2/c1-16(19-4-2-3-5-20(19)25(27,28)29)23(33)31-12-10-24(11-13-31)14-22(32)30-15-21(24)17-6-8-18(26)9-7-17/h2-9,16,21H,10-15H2,1H3,(H,30,32)/t16-,21-/m0/s1. The smallest absolute Gasteiger partial charge is 0.355 e. The van der Waals surface area contributed by atoms with Crippen molar-refractivity contribution in [1.82, 2.24) is 10.2 Å². The Morgan fingerprint density at radius 2 is 1.73 bits per heavy atom. The van der Waals surface area contributed by atoms with E-state index in [1.807, 2.05) is 0 Å². The van der Waals surface area contributed by atoms with Crippen LogP contribution in [0.25, 0.3) is 0 Å². The maximum absolute atomic E-state index is 13.4. The van der Waals surface area contributed by atoms with E-state index in [9.17, 15) is 27.2 Å². The highest BCUT2D eigenvalue weighted by Gasteiger charge is 2.47. The van der Waals surface area contributed by atoms with Crippen LogP contribution in [0.5, 0.6) is 0 Å². The van der Waals surface area contributed by atoms with Crippen molar-refractivity contribution in [3.05, 3.63) is 71.0 Å². The molecule has 0 saturated carbocycles. The molecule has 2 saturated heterocycles. The maximum atomic E-state index is 13.4. The van der Waals surface area contributed by atoms with E-state index in [1.165, 1.54) is 37.3 Å². The summed E-state index contributed by atoms with van der Waals surface area (Å²) >= 11 is 0. The summed E-state index contributed by atoms with van der Waals surface area (Å²) in [7, 11) is 0. The number of alkyl halides is 3. The molecular weight excluding hydrogens is 436 g/mol. The van der Waals surface area contributed by atoms with Crippen molar-refractivity contribution in [2.24, 2.45) is 5.41 Å². The van der Waals surface area contributed by atoms with Crippen LogP contribution in [0.3, 0.4) is 0 Å². The summed E-state index contributed by atoms with van der Waals surface area (Å²) in [4.78, 5) is 27.0. The second kappa shape index (κ2) is 8.80. The van der Waals surface area contributed by atoms with Gasteiger partial charge in [0, 0.05) is 32.0 Å². The SMILES string of the molecule is C[C@H](C(=O)N1CCC2(CC1)CC(=O)NC[C@H]2c1ccc(F)cc1)c1ccccc1C(F)(F)F. The first-order valence-electron chi connectivity index (χ1n) is 11.1. The van der Waals surface area contributed by atoms with Gasteiger partial charge in [0.15, 0.2) is 0 Å². The van der Waals surface area contributed by atoms with Gasteiger partial charge in [0.05, 0.1) is 11.5 Å². The van der Waals surface area contributed by atoms with Gasteiger partial charge in [0.25, 0.3) is 0 Å². The number of halogens is 4. The number of hydrogen-bond acceptors (Lipinski definition) is 2. The van der Waals surface area contributed by atoms with Crippen LogP contribution >= 0.6 is 0 Å². The van der Waals surface area contributed by atoms with Crippen LogP contribution in [0.15, 0.2) is 48.5 Å². The molecule has 2 aliphatic heterocycles. The Labute approximate surface area is 190 Å². The predicted octanol–water partition coefficient (Wildman–Crippen LogP) is 4.86. The van der Waals surface area contributed by atoms with Crippen LogP contribution in [0, 0.1) is 11.2 Å².